The van der Waals surface area contributed by atoms with Crippen LogP contribution in [0.5, 0.6) is 0 Å². The standard InChI is InChI=1S/C22H24O4S/c1-2-27-20-13-18(23-14-16-9-5-3-6-10-16)21-19(25-20)15-24-22(26-21)17-11-7-4-8-12-17/h3-13,18-19,21-22H,2,14-15H2,1H3/t18-,19-,21+,22?/m1/s1. The van der Waals surface area contributed by atoms with Crippen LogP contribution in [0.2, 0.25) is 0 Å². The summed E-state index contributed by atoms with van der Waals surface area (Å²) in [7, 11) is 0. The van der Waals surface area contributed by atoms with E-state index in [1.54, 1.807) is 11.8 Å². The fourth-order valence-electron chi connectivity index (χ4n) is 3.27. The molecule has 0 saturated carbocycles. The van der Waals surface area contributed by atoms with Gasteiger partial charge >= 0.3 is 0 Å². The van der Waals surface area contributed by atoms with Gasteiger partial charge in [-0.15, -0.1) is 0 Å². The topological polar surface area (TPSA) is 36.9 Å². The quantitative estimate of drug-likeness (QED) is 0.723. The third-order valence-electron chi connectivity index (χ3n) is 4.59. The van der Waals surface area contributed by atoms with Crippen LogP contribution in [-0.2, 0) is 25.6 Å². The highest BCUT2D eigenvalue weighted by Crippen LogP contribution is 2.36. The van der Waals surface area contributed by atoms with E-state index in [2.05, 4.69) is 19.1 Å². The number of hydrogen-bond donors (Lipinski definition) is 0. The molecule has 1 unspecified atom stereocenters. The number of rotatable bonds is 6. The maximum Gasteiger partial charge on any atom is 0.184 e. The summed E-state index contributed by atoms with van der Waals surface area (Å²) in [6.45, 7) is 3.13. The predicted octanol–water partition coefficient (Wildman–Crippen LogP) is 4.68. The summed E-state index contributed by atoms with van der Waals surface area (Å²) in [4.78, 5) is 0. The molecule has 4 rings (SSSR count). The lowest BCUT2D eigenvalue weighted by molar-refractivity contribution is -0.282. The van der Waals surface area contributed by atoms with Crippen LogP contribution in [0.4, 0.5) is 0 Å². The molecule has 2 aliphatic rings. The lowest BCUT2D eigenvalue weighted by atomic mass is 10.0. The molecule has 2 aromatic carbocycles. The number of fused-ring (bicyclic) bond motifs is 1. The molecule has 0 spiro atoms. The largest absolute Gasteiger partial charge is 0.479 e. The van der Waals surface area contributed by atoms with E-state index in [1.165, 1.54) is 0 Å². The monoisotopic (exact) mass is 384 g/mol. The molecular formula is C22H24O4S. The van der Waals surface area contributed by atoms with Gasteiger partial charge in [-0.25, -0.2) is 0 Å². The second-order valence-electron chi connectivity index (χ2n) is 6.51. The van der Waals surface area contributed by atoms with Crippen LogP contribution < -0.4 is 0 Å². The van der Waals surface area contributed by atoms with E-state index in [0.717, 1.165) is 22.0 Å². The van der Waals surface area contributed by atoms with Gasteiger partial charge in [-0.3, -0.25) is 0 Å². The summed E-state index contributed by atoms with van der Waals surface area (Å²) in [6.07, 6.45) is 1.12. The normalized spacial score (nSPS) is 27.4. The Bertz CT molecular complexity index is 749. The van der Waals surface area contributed by atoms with Crippen molar-refractivity contribution in [3.05, 3.63) is 83.0 Å². The van der Waals surface area contributed by atoms with Crippen molar-refractivity contribution in [3.8, 4) is 0 Å². The van der Waals surface area contributed by atoms with Gasteiger partial charge < -0.3 is 18.9 Å². The van der Waals surface area contributed by atoms with Crippen LogP contribution in [0.25, 0.3) is 0 Å². The highest BCUT2D eigenvalue weighted by Gasteiger charge is 2.42. The molecular weight excluding hydrogens is 360 g/mol. The first kappa shape index (κ1) is 18.6. The van der Waals surface area contributed by atoms with E-state index in [9.17, 15) is 0 Å². The third kappa shape index (κ3) is 4.55. The molecule has 0 radical (unpaired) electrons. The third-order valence-corrected chi connectivity index (χ3v) is 5.40. The van der Waals surface area contributed by atoms with Crippen molar-refractivity contribution in [1.82, 2.24) is 0 Å². The van der Waals surface area contributed by atoms with Crippen LogP contribution in [0.1, 0.15) is 24.3 Å². The summed E-state index contributed by atoms with van der Waals surface area (Å²) in [6, 6.07) is 20.2. The predicted molar refractivity (Wildman–Crippen MR) is 106 cm³/mol. The summed E-state index contributed by atoms with van der Waals surface area (Å²) in [5.41, 5.74) is 2.15. The molecule has 0 amide bonds. The summed E-state index contributed by atoms with van der Waals surface area (Å²) in [5.74, 6) is 0.947. The van der Waals surface area contributed by atoms with Gasteiger partial charge in [0.2, 0.25) is 0 Å². The van der Waals surface area contributed by atoms with Crippen LogP contribution in [0, 0.1) is 0 Å². The number of hydrogen-bond acceptors (Lipinski definition) is 5. The average Bonchev–Trinajstić information content (AvgIpc) is 2.73. The maximum absolute atomic E-state index is 6.28. The van der Waals surface area contributed by atoms with Crippen LogP contribution in [0.15, 0.2) is 71.8 Å². The number of ether oxygens (including phenoxy) is 4. The Morgan fingerprint density at radius 2 is 1.78 bits per heavy atom. The summed E-state index contributed by atoms with van der Waals surface area (Å²) >= 11 is 1.68. The Kier molecular flexibility index (Phi) is 6.14. The van der Waals surface area contributed by atoms with E-state index in [4.69, 9.17) is 18.9 Å². The smallest absolute Gasteiger partial charge is 0.184 e. The molecule has 2 aliphatic heterocycles. The van der Waals surface area contributed by atoms with E-state index < -0.39 is 6.29 Å². The first-order chi connectivity index (χ1) is 13.3. The minimum absolute atomic E-state index is 0.162. The van der Waals surface area contributed by atoms with Crippen molar-refractivity contribution in [1.29, 1.82) is 0 Å². The lowest BCUT2D eigenvalue weighted by Gasteiger charge is -2.42. The number of benzene rings is 2. The Hall–Kier alpha value is -1.79. The van der Waals surface area contributed by atoms with Crippen molar-refractivity contribution >= 4 is 11.8 Å². The molecule has 27 heavy (non-hydrogen) atoms. The molecule has 0 bridgehead atoms. The zero-order chi connectivity index (χ0) is 18.5. The van der Waals surface area contributed by atoms with Gasteiger partial charge in [0.05, 0.1) is 13.2 Å². The Morgan fingerprint density at radius 1 is 1.04 bits per heavy atom. The maximum atomic E-state index is 6.28. The molecule has 2 heterocycles. The Morgan fingerprint density at radius 3 is 2.52 bits per heavy atom. The fraction of sp³-hybridized carbons (Fsp3) is 0.364. The molecule has 142 valence electrons. The van der Waals surface area contributed by atoms with Gasteiger partial charge in [0.15, 0.2) is 17.5 Å². The first-order valence-corrected chi connectivity index (χ1v) is 10.3. The van der Waals surface area contributed by atoms with Gasteiger partial charge in [-0.1, -0.05) is 79.3 Å². The lowest BCUT2D eigenvalue weighted by Crippen LogP contribution is -2.51. The van der Waals surface area contributed by atoms with E-state index >= 15 is 0 Å². The van der Waals surface area contributed by atoms with Gasteiger partial charge in [0.25, 0.3) is 0 Å². The Labute approximate surface area is 164 Å². The summed E-state index contributed by atoms with van der Waals surface area (Å²) in [5, 5.41) is 0.891. The molecule has 1 fully saturated rings. The van der Waals surface area contributed by atoms with Crippen molar-refractivity contribution in [2.45, 2.75) is 38.1 Å². The van der Waals surface area contributed by atoms with E-state index in [-0.39, 0.29) is 18.3 Å². The molecule has 4 nitrogen and oxygen atoms in total. The van der Waals surface area contributed by atoms with Gasteiger partial charge in [0.1, 0.15) is 12.2 Å². The van der Waals surface area contributed by atoms with Crippen molar-refractivity contribution < 1.29 is 18.9 Å². The Balaban J connectivity index is 1.50. The van der Waals surface area contributed by atoms with Crippen LogP contribution in [-0.4, -0.2) is 30.7 Å². The molecule has 1 saturated heterocycles. The number of thioether (sulfide) groups is 1. The van der Waals surface area contributed by atoms with Crippen LogP contribution >= 0.6 is 11.8 Å². The van der Waals surface area contributed by atoms with Gasteiger partial charge in [0, 0.05) is 5.56 Å². The SMILES string of the molecule is CCSC1=C[C@@H](OCc2ccccc2)[C@@H]2OC(c3ccccc3)OC[C@H]2O1. The molecule has 4 atom stereocenters. The molecule has 5 heteroatoms. The van der Waals surface area contributed by atoms with Crippen molar-refractivity contribution in [3.63, 3.8) is 0 Å². The second-order valence-corrected chi connectivity index (χ2v) is 7.78. The minimum Gasteiger partial charge on any atom is -0.479 e. The minimum atomic E-state index is -0.396. The molecule has 0 aromatic heterocycles. The van der Waals surface area contributed by atoms with E-state index in [0.29, 0.717) is 13.2 Å². The van der Waals surface area contributed by atoms with Crippen molar-refractivity contribution in [2.24, 2.45) is 0 Å². The zero-order valence-corrected chi connectivity index (χ0v) is 16.1. The summed E-state index contributed by atoms with van der Waals surface area (Å²) < 4.78 is 24.5. The van der Waals surface area contributed by atoms with Crippen LogP contribution in [0.3, 0.4) is 0 Å². The molecule has 0 N–H and O–H groups in total. The zero-order valence-electron chi connectivity index (χ0n) is 15.3. The van der Waals surface area contributed by atoms with E-state index in [1.807, 2.05) is 54.6 Å². The van der Waals surface area contributed by atoms with Gasteiger partial charge in [-0.2, -0.15) is 0 Å². The van der Waals surface area contributed by atoms with Crippen molar-refractivity contribution in [2.75, 3.05) is 12.4 Å². The first-order valence-electron chi connectivity index (χ1n) is 9.32. The van der Waals surface area contributed by atoms with Gasteiger partial charge in [-0.05, 0) is 17.4 Å². The fourth-order valence-corrected chi connectivity index (χ4v) is 3.98. The molecule has 0 aliphatic carbocycles. The highest BCUT2D eigenvalue weighted by molar-refractivity contribution is 8.02. The highest BCUT2D eigenvalue weighted by atomic mass is 32.2. The molecule has 2 aromatic rings. The average molecular weight is 384 g/mol. The second kappa shape index (κ2) is 8.93.